The van der Waals surface area contributed by atoms with Crippen LogP contribution < -0.4 is 0 Å². The summed E-state index contributed by atoms with van der Waals surface area (Å²) in [5.41, 5.74) is 1.89. The van der Waals surface area contributed by atoms with E-state index in [1.165, 1.54) is 12.8 Å². The summed E-state index contributed by atoms with van der Waals surface area (Å²) in [6.45, 7) is 7.31. The van der Waals surface area contributed by atoms with Crippen LogP contribution in [0.25, 0.3) is 0 Å². The molecule has 0 radical (unpaired) electrons. The smallest absolute Gasteiger partial charge is 0.354 e. The second-order valence-electron chi connectivity index (χ2n) is 4.46. The molecule has 1 aromatic rings. The van der Waals surface area contributed by atoms with Crippen molar-refractivity contribution in [1.82, 2.24) is 4.57 Å². The first-order valence-corrected chi connectivity index (χ1v) is 5.86. The van der Waals surface area contributed by atoms with Gasteiger partial charge in [0, 0.05) is 12.2 Å². The third-order valence-electron chi connectivity index (χ3n) is 2.52. The van der Waals surface area contributed by atoms with Crippen LogP contribution in [-0.2, 0) is 17.7 Å². The standard InChI is InChI=1S/C13H21NO2/c1-5-6-11-7-8-12(13(15)16-4)14(11)9-10(2)3/h7-8,10H,5-6,9H2,1-4H3. The molecule has 0 saturated heterocycles. The minimum atomic E-state index is -0.247. The van der Waals surface area contributed by atoms with Crippen molar-refractivity contribution >= 4 is 5.97 Å². The van der Waals surface area contributed by atoms with Crippen molar-refractivity contribution in [1.29, 1.82) is 0 Å². The second-order valence-corrected chi connectivity index (χ2v) is 4.46. The number of aryl methyl sites for hydroxylation is 1. The van der Waals surface area contributed by atoms with E-state index in [0.717, 1.165) is 19.4 Å². The summed E-state index contributed by atoms with van der Waals surface area (Å²) in [4.78, 5) is 11.6. The molecule has 0 aliphatic rings. The van der Waals surface area contributed by atoms with Crippen molar-refractivity contribution in [2.24, 2.45) is 5.92 Å². The molecular weight excluding hydrogens is 202 g/mol. The van der Waals surface area contributed by atoms with Crippen LogP contribution in [0.15, 0.2) is 12.1 Å². The number of hydrogen-bond donors (Lipinski definition) is 0. The highest BCUT2D eigenvalue weighted by atomic mass is 16.5. The molecule has 0 unspecified atom stereocenters. The first-order chi connectivity index (χ1) is 7.60. The van der Waals surface area contributed by atoms with E-state index in [4.69, 9.17) is 4.74 Å². The number of carbonyl (C=O) groups excluding carboxylic acids is 1. The van der Waals surface area contributed by atoms with Gasteiger partial charge in [0.2, 0.25) is 0 Å². The van der Waals surface area contributed by atoms with Crippen LogP contribution in [0.3, 0.4) is 0 Å². The van der Waals surface area contributed by atoms with Gasteiger partial charge in [0.25, 0.3) is 0 Å². The number of esters is 1. The molecule has 90 valence electrons. The molecule has 1 rings (SSSR count). The van der Waals surface area contributed by atoms with Crippen molar-refractivity contribution in [2.45, 2.75) is 40.2 Å². The number of carbonyl (C=O) groups is 1. The van der Waals surface area contributed by atoms with Crippen LogP contribution in [0.1, 0.15) is 43.4 Å². The summed E-state index contributed by atoms with van der Waals surface area (Å²) in [7, 11) is 1.43. The Hall–Kier alpha value is -1.25. The van der Waals surface area contributed by atoms with Gasteiger partial charge in [-0.3, -0.25) is 0 Å². The van der Waals surface area contributed by atoms with Gasteiger partial charge in [-0.05, 0) is 24.5 Å². The van der Waals surface area contributed by atoms with Crippen LogP contribution in [-0.4, -0.2) is 17.6 Å². The lowest BCUT2D eigenvalue weighted by Gasteiger charge is -2.14. The molecule has 3 nitrogen and oxygen atoms in total. The summed E-state index contributed by atoms with van der Waals surface area (Å²) in [5.74, 6) is 0.273. The zero-order valence-electron chi connectivity index (χ0n) is 10.6. The topological polar surface area (TPSA) is 31.2 Å². The van der Waals surface area contributed by atoms with Gasteiger partial charge < -0.3 is 9.30 Å². The molecule has 0 aliphatic carbocycles. The van der Waals surface area contributed by atoms with Gasteiger partial charge in [0.1, 0.15) is 5.69 Å². The van der Waals surface area contributed by atoms with E-state index >= 15 is 0 Å². The molecule has 0 fully saturated rings. The molecule has 0 amide bonds. The van der Waals surface area contributed by atoms with E-state index in [0.29, 0.717) is 11.6 Å². The predicted molar refractivity (Wildman–Crippen MR) is 64.6 cm³/mol. The van der Waals surface area contributed by atoms with E-state index < -0.39 is 0 Å². The molecular formula is C13H21NO2. The van der Waals surface area contributed by atoms with Crippen molar-refractivity contribution in [3.05, 3.63) is 23.5 Å². The third-order valence-corrected chi connectivity index (χ3v) is 2.52. The maximum atomic E-state index is 11.6. The Morgan fingerprint density at radius 1 is 1.44 bits per heavy atom. The first-order valence-electron chi connectivity index (χ1n) is 5.86. The van der Waals surface area contributed by atoms with Crippen LogP contribution in [0.5, 0.6) is 0 Å². The van der Waals surface area contributed by atoms with Crippen LogP contribution >= 0.6 is 0 Å². The van der Waals surface area contributed by atoms with Gasteiger partial charge in [-0.25, -0.2) is 4.79 Å². The Morgan fingerprint density at radius 3 is 2.62 bits per heavy atom. The summed E-state index contributed by atoms with van der Waals surface area (Å²) in [5, 5.41) is 0. The first kappa shape index (κ1) is 12.8. The Bertz CT molecular complexity index is 353. The molecule has 0 saturated carbocycles. The average Bonchev–Trinajstić information content (AvgIpc) is 2.61. The molecule has 1 aromatic heterocycles. The minimum Gasteiger partial charge on any atom is -0.464 e. The van der Waals surface area contributed by atoms with E-state index in [1.807, 2.05) is 12.1 Å². The number of nitrogens with zero attached hydrogens (tertiary/aromatic N) is 1. The van der Waals surface area contributed by atoms with Gasteiger partial charge in [-0.1, -0.05) is 27.2 Å². The van der Waals surface area contributed by atoms with Gasteiger partial charge in [-0.15, -0.1) is 0 Å². The lowest BCUT2D eigenvalue weighted by Crippen LogP contribution is -2.15. The Kier molecular flexibility index (Phi) is 4.59. The highest BCUT2D eigenvalue weighted by Gasteiger charge is 2.15. The summed E-state index contributed by atoms with van der Waals surface area (Å²) in [6.07, 6.45) is 2.09. The van der Waals surface area contributed by atoms with Crippen molar-refractivity contribution in [2.75, 3.05) is 7.11 Å². The van der Waals surface area contributed by atoms with Crippen molar-refractivity contribution in [3.63, 3.8) is 0 Å². The fourth-order valence-electron chi connectivity index (χ4n) is 1.85. The van der Waals surface area contributed by atoms with Crippen LogP contribution in [0, 0.1) is 5.92 Å². The Morgan fingerprint density at radius 2 is 2.12 bits per heavy atom. The highest BCUT2D eigenvalue weighted by molar-refractivity contribution is 5.87. The Balaban J connectivity index is 3.03. The molecule has 0 N–H and O–H groups in total. The van der Waals surface area contributed by atoms with Gasteiger partial charge in [0.05, 0.1) is 7.11 Å². The van der Waals surface area contributed by atoms with Crippen LogP contribution in [0.4, 0.5) is 0 Å². The fraction of sp³-hybridized carbons (Fsp3) is 0.615. The lowest BCUT2D eigenvalue weighted by atomic mass is 10.2. The predicted octanol–water partition coefficient (Wildman–Crippen LogP) is 2.88. The number of ether oxygens (including phenoxy) is 1. The molecule has 0 aliphatic heterocycles. The average molecular weight is 223 g/mol. The maximum absolute atomic E-state index is 11.6. The molecule has 1 heterocycles. The van der Waals surface area contributed by atoms with E-state index in [2.05, 4.69) is 25.3 Å². The van der Waals surface area contributed by atoms with Crippen molar-refractivity contribution in [3.8, 4) is 0 Å². The van der Waals surface area contributed by atoms with E-state index in [-0.39, 0.29) is 5.97 Å². The van der Waals surface area contributed by atoms with Crippen LogP contribution in [0.2, 0.25) is 0 Å². The lowest BCUT2D eigenvalue weighted by molar-refractivity contribution is 0.0587. The summed E-state index contributed by atoms with van der Waals surface area (Å²) < 4.78 is 6.87. The molecule has 3 heteroatoms. The number of rotatable bonds is 5. The zero-order valence-corrected chi connectivity index (χ0v) is 10.6. The fourth-order valence-corrected chi connectivity index (χ4v) is 1.85. The Labute approximate surface area is 97.4 Å². The van der Waals surface area contributed by atoms with E-state index in [1.54, 1.807) is 0 Å². The van der Waals surface area contributed by atoms with Gasteiger partial charge in [0.15, 0.2) is 0 Å². The number of aromatic nitrogens is 1. The maximum Gasteiger partial charge on any atom is 0.354 e. The molecule has 0 spiro atoms. The minimum absolute atomic E-state index is 0.247. The normalized spacial score (nSPS) is 10.8. The largest absolute Gasteiger partial charge is 0.464 e. The second kappa shape index (κ2) is 5.73. The summed E-state index contributed by atoms with van der Waals surface area (Å²) >= 11 is 0. The van der Waals surface area contributed by atoms with Gasteiger partial charge in [-0.2, -0.15) is 0 Å². The van der Waals surface area contributed by atoms with E-state index in [9.17, 15) is 4.79 Å². The SMILES string of the molecule is CCCc1ccc(C(=O)OC)n1CC(C)C. The molecule has 0 atom stereocenters. The highest BCUT2D eigenvalue weighted by Crippen LogP contribution is 2.15. The number of methoxy groups -OCH3 is 1. The van der Waals surface area contributed by atoms with Crippen molar-refractivity contribution < 1.29 is 9.53 Å². The van der Waals surface area contributed by atoms with Gasteiger partial charge >= 0.3 is 5.97 Å². The zero-order chi connectivity index (χ0) is 12.1. The molecule has 0 bridgehead atoms. The third kappa shape index (κ3) is 2.87. The number of hydrogen-bond acceptors (Lipinski definition) is 2. The monoisotopic (exact) mass is 223 g/mol. The summed E-state index contributed by atoms with van der Waals surface area (Å²) in [6, 6.07) is 3.89. The molecule has 0 aromatic carbocycles. The quantitative estimate of drug-likeness (QED) is 0.719. The molecule has 16 heavy (non-hydrogen) atoms.